The number of benzene rings is 3. The molecule has 5 rings (SSSR count). The van der Waals surface area contributed by atoms with E-state index in [2.05, 4.69) is 15.6 Å². The summed E-state index contributed by atoms with van der Waals surface area (Å²) in [7, 11) is 0. The molecule has 0 fully saturated rings. The van der Waals surface area contributed by atoms with E-state index in [4.69, 9.17) is 11.6 Å². The number of carbonyl (C=O) groups excluding carboxylic acids is 2. The van der Waals surface area contributed by atoms with E-state index < -0.39 is 5.25 Å². The summed E-state index contributed by atoms with van der Waals surface area (Å²) in [4.78, 5) is 32.4. The highest BCUT2D eigenvalue weighted by Gasteiger charge is 2.23. The molecule has 0 radical (unpaired) electrons. The van der Waals surface area contributed by atoms with Gasteiger partial charge in [-0.25, -0.2) is 4.98 Å². The molecule has 0 aliphatic carbocycles. The fraction of sp³-hybridized carbons (Fsp3) is 0.0690. The fourth-order valence-corrected chi connectivity index (χ4v) is 6.31. The zero-order valence-corrected chi connectivity index (χ0v) is 23.2. The Labute approximate surface area is 237 Å². The summed E-state index contributed by atoms with van der Waals surface area (Å²) in [6.07, 6.45) is 0.259. The Hall–Kier alpha value is -3.43. The van der Waals surface area contributed by atoms with Crippen LogP contribution in [0.5, 0.6) is 0 Å². The van der Waals surface area contributed by atoms with Crippen LogP contribution in [0.2, 0.25) is 5.02 Å². The summed E-state index contributed by atoms with van der Waals surface area (Å²) >= 11 is 10.4. The number of amides is 2. The molecule has 190 valence electrons. The topological polar surface area (TPSA) is 71.1 Å². The highest BCUT2D eigenvalue weighted by Crippen LogP contribution is 2.37. The number of rotatable bonds is 9. The van der Waals surface area contributed by atoms with Crippen LogP contribution in [0.25, 0.3) is 10.6 Å². The maximum atomic E-state index is 13.4. The number of nitrogens with zero attached hydrogens (tertiary/aromatic N) is 1. The molecule has 38 heavy (non-hydrogen) atoms. The average Bonchev–Trinajstić information content (AvgIpc) is 3.62. The van der Waals surface area contributed by atoms with Crippen molar-refractivity contribution in [3.8, 4) is 10.6 Å². The Morgan fingerprint density at radius 2 is 1.63 bits per heavy atom. The van der Waals surface area contributed by atoms with Crippen LogP contribution in [0.15, 0.2) is 107 Å². The normalized spacial score (nSPS) is 11.6. The first-order chi connectivity index (χ1) is 18.5. The van der Waals surface area contributed by atoms with Crippen molar-refractivity contribution in [3.05, 3.63) is 118 Å². The van der Waals surface area contributed by atoms with E-state index in [0.29, 0.717) is 15.8 Å². The molecule has 1 atom stereocenters. The number of halogens is 1. The fourth-order valence-electron chi connectivity index (χ4n) is 3.69. The van der Waals surface area contributed by atoms with Crippen LogP contribution in [0.3, 0.4) is 0 Å². The summed E-state index contributed by atoms with van der Waals surface area (Å²) in [5.41, 5.74) is 3.33. The van der Waals surface area contributed by atoms with E-state index in [9.17, 15) is 9.59 Å². The van der Waals surface area contributed by atoms with E-state index in [1.807, 2.05) is 89.6 Å². The van der Waals surface area contributed by atoms with Gasteiger partial charge in [0.25, 0.3) is 0 Å². The van der Waals surface area contributed by atoms with Crippen LogP contribution in [0, 0.1) is 0 Å². The van der Waals surface area contributed by atoms with Crippen LogP contribution in [-0.2, 0) is 16.0 Å². The maximum Gasteiger partial charge on any atom is 0.244 e. The molecular weight excluding hydrogens is 554 g/mol. The Balaban J connectivity index is 1.25. The highest BCUT2D eigenvalue weighted by atomic mass is 35.5. The SMILES string of the molecule is O=C(Cc1ccc(Cl)cc1)Nc1ccc(SC(C(=O)Nc2nc(-c3cccs3)cs2)c2ccccc2)cc1. The third-order valence-corrected chi connectivity index (χ3v) is 8.69. The molecule has 0 aliphatic rings. The van der Waals surface area contributed by atoms with Crippen molar-refractivity contribution in [2.45, 2.75) is 16.6 Å². The van der Waals surface area contributed by atoms with Gasteiger partial charge in [0.05, 0.1) is 17.0 Å². The smallest absolute Gasteiger partial charge is 0.244 e. The second-order valence-electron chi connectivity index (χ2n) is 8.29. The van der Waals surface area contributed by atoms with Crippen LogP contribution >= 0.6 is 46.0 Å². The number of hydrogen-bond acceptors (Lipinski definition) is 6. The molecule has 2 N–H and O–H groups in total. The Bertz CT molecular complexity index is 1500. The number of thiazole rings is 1. The van der Waals surface area contributed by atoms with E-state index in [1.165, 1.54) is 23.1 Å². The monoisotopic (exact) mass is 575 g/mol. The number of hydrogen-bond donors (Lipinski definition) is 2. The molecular formula is C29H22ClN3O2S3. The molecule has 2 aromatic heterocycles. The maximum absolute atomic E-state index is 13.4. The second kappa shape index (κ2) is 12.4. The van der Waals surface area contributed by atoms with Gasteiger partial charge in [-0.1, -0.05) is 60.1 Å². The highest BCUT2D eigenvalue weighted by molar-refractivity contribution is 8.00. The average molecular weight is 576 g/mol. The first-order valence-corrected chi connectivity index (χ1v) is 14.7. The zero-order chi connectivity index (χ0) is 26.3. The minimum atomic E-state index is -0.476. The predicted molar refractivity (Wildman–Crippen MR) is 159 cm³/mol. The minimum Gasteiger partial charge on any atom is -0.326 e. The van der Waals surface area contributed by atoms with Crippen LogP contribution in [-0.4, -0.2) is 16.8 Å². The predicted octanol–water partition coefficient (Wildman–Crippen LogP) is 8.18. The summed E-state index contributed by atoms with van der Waals surface area (Å²) in [5, 5.41) is 10.6. The lowest BCUT2D eigenvalue weighted by molar-refractivity contribution is -0.116. The zero-order valence-electron chi connectivity index (χ0n) is 20.0. The van der Waals surface area contributed by atoms with Crippen LogP contribution in [0.4, 0.5) is 10.8 Å². The van der Waals surface area contributed by atoms with Crippen molar-refractivity contribution < 1.29 is 9.59 Å². The minimum absolute atomic E-state index is 0.111. The van der Waals surface area contributed by atoms with Gasteiger partial charge in [0.1, 0.15) is 5.25 Å². The molecule has 3 aromatic carbocycles. The summed E-state index contributed by atoms with van der Waals surface area (Å²) in [6, 6.07) is 28.4. The van der Waals surface area contributed by atoms with Crippen molar-refractivity contribution in [1.82, 2.24) is 4.98 Å². The second-order valence-corrected chi connectivity index (χ2v) is 11.7. The van der Waals surface area contributed by atoms with E-state index in [0.717, 1.165) is 26.6 Å². The van der Waals surface area contributed by atoms with Gasteiger partial charge in [-0.3, -0.25) is 9.59 Å². The Morgan fingerprint density at radius 3 is 2.34 bits per heavy atom. The van der Waals surface area contributed by atoms with E-state index >= 15 is 0 Å². The number of nitrogens with one attached hydrogen (secondary N) is 2. The molecule has 0 bridgehead atoms. The Morgan fingerprint density at radius 1 is 0.868 bits per heavy atom. The van der Waals surface area contributed by atoms with Crippen LogP contribution in [0.1, 0.15) is 16.4 Å². The number of thioether (sulfide) groups is 1. The summed E-state index contributed by atoms with van der Waals surface area (Å²) in [5.74, 6) is -0.256. The molecule has 1 unspecified atom stereocenters. The van der Waals surface area contributed by atoms with Crippen molar-refractivity contribution in [2.75, 3.05) is 10.6 Å². The van der Waals surface area contributed by atoms with Crippen LogP contribution < -0.4 is 10.6 Å². The van der Waals surface area contributed by atoms with Crippen molar-refractivity contribution in [2.24, 2.45) is 0 Å². The molecule has 0 saturated carbocycles. The third kappa shape index (κ3) is 6.90. The third-order valence-electron chi connectivity index (χ3n) is 5.52. The molecule has 5 aromatic rings. The Kier molecular flexibility index (Phi) is 8.55. The van der Waals surface area contributed by atoms with Crippen molar-refractivity contribution >= 4 is 68.7 Å². The van der Waals surface area contributed by atoms with Gasteiger partial charge in [-0.05, 0) is 59.0 Å². The number of anilines is 2. The van der Waals surface area contributed by atoms with Gasteiger partial charge in [-0.2, -0.15) is 0 Å². The molecule has 0 aliphatic heterocycles. The van der Waals surface area contributed by atoms with Gasteiger partial charge >= 0.3 is 0 Å². The quantitative estimate of drug-likeness (QED) is 0.174. The molecule has 5 nitrogen and oxygen atoms in total. The number of thiophene rings is 1. The molecule has 2 amide bonds. The van der Waals surface area contributed by atoms with E-state index in [-0.39, 0.29) is 18.2 Å². The van der Waals surface area contributed by atoms with Gasteiger partial charge in [0.15, 0.2) is 5.13 Å². The molecule has 9 heteroatoms. The summed E-state index contributed by atoms with van der Waals surface area (Å²) < 4.78 is 0. The standard InChI is InChI=1S/C29H22ClN3O2S3/c30-21-10-8-19(9-11-21)17-26(34)31-22-12-14-23(15-13-22)38-27(20-5-2-1-3-6-20)28(35)33-29-32-24(18-37-29)25-7-4-16-36-25/h1-16,18,27H,17H2,(H,31,34)(H,32,33,35). The van der Waals surface area contributed by atoms with E-state index in [1.54, 1.807) is 23.5 Å². The van der Waals surface area contributed by atoms with Gasteiger partial charge in [-0.15, -0.1) is 34.4 Å². The first-order valence-electron chi connectivity index (χ1n) is 11.7. The number of aromatic nitrogens is 1. The lowest BCUT2D eigenvalue weighted by Crippen LogP contribution is -2.19. The molecule has 2 heterocycles. The van der Waals surface area contributed by atoms with Gasteiger partial charge in [0.2, 0.25) is 11.8 Å². The molecule has 0 saturated heterocycles. The van der Waals surface area contributed by atoms with Gasteiger partial charge < -0.3 is 10.6 Å². The lowest BCUT2D eigenvalue weighted by Gasteiger charge is -2.16. The van der Waals surface area contributed by atoms with Crippen molar-refractivity contribution in [3.63, 3.8) is 0 Å². The van der Waals surface area contributed by atoms with Gasteiger partial charge in [0, 0.05) is 21.0 Å². The molecule has 0 spiro atoms. The number of carbonyl (C=O) groups is 2. The van der Waals surface area contributed by atoms with Crippen molar-refractivity contribution in [1.29, 1.82) is 0 Å². The lowest BCUT2D eigenvalue weighted by atomic mass is 10.1. The first kappa shape index (κ1) is 26.2. The summed E-state index contributed by atoms with van der Waals surface area (Å²) in [6.45, 7) is 0. The largest absolute Gasteiger partial charge is 0.326 e.